The van der Waals surface area contributed by atoms with Crippen molar-refractivity contribution in [3.05, 3.63) is 23.8 Å². The van der Waals surface area contributed by atoms with Gasteiger partial charge in [0.25, 0.3) is 0 Å². The van der Waals surface area contributed by atoms with Gasteiger partial charge < -0.3 is 14.8 Å². The molecule has 4 heteroatoms. The van der Waals surface area contributed by atoms with Crippen LogP contribution in [0.2, 0.25) is 0 Å². The zero-order valence-corrected chi connectivity index (χ0v) is 12.9. The van der Waals surface area contributed by atoms with E-state index in [9.17, 15) is 0 Å². The predicted molar refractivity (Wildman–Crippen MR) is 83.9 cm³/mol. The molecule has 1 atom stereocenters. The summed E-state index contributed by atoms with van der Waals surface area (Å²) in [6.07, 6.45) is 5.60. The van der Waals surface area contributed by atoms with E-state index in [4.69, 9.17) is 9.47 Å². The number of hydrogen-bond donors (Lipinski definition) is 1. The highest BCUT2D eigenvalue weighted by atomic mass is 32.2. The Hall–Kier alpha value is -0.870. The molecule has 0 aromatic heterocycles. The molecule has 1 heterocycles. The first kappa shape index (κ1) is 14.1. The zero-order valence-electron chi connectivity index (χ0n) is 12.1. The van der Waals surface area contributed by atoms with Crippen LogP contribution in [0.3, 0.4) is 0 Å². The summed E-state index contributed by atoms with van der Waals surface area (Å²) in [4.78, 5) is 0. The summed E-state index contributed by atoms with van der Waals surface area (Å²) in [6.45, 7) is 1.30. The van der Waals surface area contributed by atoms with Crippen LogP contribution in [0, 0.1) is 0 Å². The Morgan fingerprint density at radius 2 is 1.95 bits per heavy atom. The van der Waals surface area contributed by atoms with E-state index in [1.807, 2.05) is 13.1 Å². The van der Waals surface area contributed by atoms with E-state index in [0.717, 1.165) is 22.5 Å². The van der Waals surface area contributed by atoms with Gasteiger partial charge in [0.1, 0.15) is 13.2 Å². The molecule has 0 amide bonds. The largest absolute Gasteiger partial charge is 0.486 e. The van der Waals surface area contributed by atoms with Gasteiger partial charge in [-0.05, 0) is 37.6 Å². The summed E-state index contributed by atoms with van der Waals surface area (Å²) in [5.74, 6) is 2.89. The van der Waals surface area contributed by atoms with Gasteiger partial charge in [0.2, 0.25) is 0 Å². The van der Waals surface area contributed by atoms with Crippen molar-refractivity contribution in [2.75, 3.05) is 26.0 Å². The van der Waals surface area contributed by atoms with Crippen LogP contribution >= 0.6 is 11.8 Å². The summed E-state index contributed by atoms with van der Waals surface area (Å²) in [6, 6.07) is 6.71. The van der Waals surface area contributed by atoms with Gasteiger partial charge in [-0.2, -0.15) is 11.8 Å². The first-order chi connectivity index (χ1) is 9.86. The Kier molecular flexibility index (Phi) is 4.73. The van der Waals surface area contributed by atoms with Crippen LogP contribution < -0.4 is 14.8 Å². The molecule has 3 nitrogen and oxygen atoms in total. The molecule has 1 aromatic carbocycles. The van der Waals surface area contributed by atoms with Crippen LogP contribution in [0.25, 0.3) is 0 Å². The molecule has 1 aliphatic carbocycles. The summed E-state index contributed by atoms with van der Waals surface area (Å²) in [5, 5.41) is 4.30. The Morgan fingerprint density at radius 1 is 1.20 bits per heavy atom. The maximum atomic E-state index is 5.68. The Labute approximate surface area is 125 Å². The molecule has 1 N–H and O–H groups in total. The summed E-state index contributed by atoms with van der Waals surface area (Å²) in [7, 11) is 2.04. The first-order valence-corrected chi connectivity index (χ1v) is 8.60. The quantitative estimate of drug-likeness (QED) is 0.901. The number of nitrogens with one attached hydrogen (secondary N) is 1. The van der Waals surface area contributed by atoms with Crippen molar-refractivity contribution in [2.24, 2.45) is 0 Å². The number of benzene rings is 1. The average molecular weight is 293 g/mol. The maximum absolute atomic E-state index is 5.68. The van der Waals surface area contributed by atoms with Crippen LogP contribution in [-0.4, -0.2) is 31.3 Å². The molecule has 110 valence electrons. The lowest BCUT2D eigenvalue weighted by Crippen LogP contribution is -2.21. The maximum Gasteiger partial charge on any atom is 0.161 e. The van der Waals surface area contributed by atoms with Gasteiger partial charge in [-0.15, -0.1) is 0 Å². The minimum absolute atomic E-state index is 0.386. The molecule has 1 fully saturated rings. The number of thioether (sulfide) groups is 1. The van der Waals surface area contributed by atoms with Crippen LogP contribution in [0.1, 0.15) is 37.3 Å². The topological polar surface area (TPSA) is 30.5 Å². The molecule has 1 aromatic rings. The van der Waals surface area contributed by atoms with Gasteiger partial charge in [0.05, 0.1) is 0 Å². The van der Waals surface area contributed by atoms with Gasteiger partial charge in [-0.25, -0.2) is 0 Å². The minimum Gasteiger partial charge on any atom is -0.486 e. The number of fused-ring (bicyclic) bond motifs is 1. The van der Waals surface area contributed by atoms with Crippen molar-refractivity contribution < 1.29 is 9.47 Å². The van der Waals surface area contributed by atoms with E-state index in [1.165, 1.54) is 31.2 Å². The van der Waals surface area contributed by atoms with Crippen molar-refractivity contribution >= 4 is 11.8 Å². The molecular formula is C16H23NO2S. The van der Waals surface area contributed by atoms with E-state index >= 15 is 0 Å². The normalized spacial score (nSPS) is 20.1. The monoisotopic (exact) mass is 293 g/mol. The molecule has 0 saturated heterocycles. The smallest absolute Gasteiger partial charge is 0.161 e. The van der Waals surface area contributed by atoms with E-state index < -0.39 is 0 Å². The third-order valence-corrected chi connectivity index (χ3v) is 5.59. The van der Waals surface area contributed by atoms with Crippen molar-refractivity contribution in [3.8, 4) is 11.5 Å². The lowest BCUT2D eigenvalue weighted by molar-refractivity contribution is 0.171. The van der Waals surface area contributed by atoms with Crippen LogP contribution in [0.4, 0.5) is 0 Å². The second-order valence-electron chi connectivity index (χ2n) is 5.48. The van der Waals surface area contributed by atoms with Crippen molar-refractivity contribution in [1.29, 1.82) is 0 Å². The fourth-order valence-corrected chi connectivity index (χ4v) is 4.40. The molecule has 3 rings (SSSR count). The summed E-state index contributed by atoms with van der Waals surface area (Å²) >= 11 is 2.11. The zero-order chi connectivity index (χ0) is 13.8. The molecule has 20 heavy (non-hydrogen) atoms. The lowest BCUT2D eigenvalue weighted by atomic mass is 10.1. The number of rotatable bonds is 5. The third kappa shape index (κ3) is 3.23. The van der Waals surface area contributed by atoms with Crippen molar-refractivity contribution in [3.63, 3.8) is 0 Å². The van der Waals surface area contributed by atoms with Crippen LogP contribution in [0.15, 0.2) is 18.2 Å². The highest BCUT2D eigenvalue weighted by Gasteiger charge is 2.20. The van der Waals surface area contributed by atoms with Gasteiger partial charge in [-0.1, -0.05) is 18.9 Å². The number of hydrogen-bond acceptors (Lipinski definition) is 4. The molecule has 2 aliphatic rings. The first-order valence-electron chi connectivity index (χ1n) is 7.55. The van der Waals surface area contributed by atoms with Gasteiger partial charge in [-0.3, -0.25) is 0 Å². The standard InChI is InChI=1S/C16H23NO2S/c1-17-14(11-20-13-4-2-3-5-13)12-6-7-15-16(10-12)19-9-8-18-15/h6-7,10,13-14,17H,2-5,8-9,11H2,1H3. The summed E-state index contributed by atoms with van der Waals surface area (Å²) < 4.78 is 11.3. The number of ether oxygens (including phenoxy) is 2. The molecular weight excluding hydrogens is 270 g/mol. The highest BCUT2D eigenvalue weighted by Crippen LogP contribution is 2.35. The van der Waals surface area contributed by atoms with Crippen molar-refractivity contribution in [1.82, 2.24) is 5.32 Å². The molecule has 0 spiro atoms. The molecule has 0 radical (unpaired) electrons. The lowest BCUT2D eigenvalue weighted by Gasteiger charge is -2.22. The average Bonchev–Trinajstić information content (AvgIpc) is 3.01. The third-order valence-electron chi connectivity index (χ3n) is 4.12. The minimum atomic E-state index is 0.386. The molecule has 0 bridgehead atoms. The van der Waals surface area contributed by atoms with E-state index in [1.54, 1.807) is 0 Å². The van der Waals surface area contributed by atoms with E-state index in [2.05, 4.69) is 29.2 Å². The highest BCUT2D eigenvalue weighted by molar-refractivity contribution is 7.99. The molecule has 1 unspecified atom stereocenters. The van der Waals surface area contributed by atoms with Crippen LogP contribution in [0.5, 0.6) is 11.5 Å². The van der Waals surface area contributed by atoms with Gasteiger partial charge >= 0.3 is 0 Å². The fourth-order valence-electron chi connectivity index (χ4n) is 2.91. The van der Waals surface area contributed by atoms with E-state index in [-0.39, 0.29) is 0 Å². The SMILES string of the molecule is CNC(CSC1CCCC1)c1ccc2c(c1)OCCO2. The van der Waals surface area contributed by atoms with Crippen LogP contribution in [-0.2, 0) is 0 Å². The second-order valence-corrected chi connectivity index (χ2v) is 6.82. The van der Waals surface area contributed by atoms with Crippen molar-refractivity contribution in [2.45, 2.75) is 37.0 Å². The fraction of sp³-hybridized carbons (Fsp3) is 0.625. The Balaban J connectivity index is 1.65. The Morgan fingerprint density at radius 3 is 2.70 bits per heavy atom. The summed E-state index contributed by atoms with van der Waals surface area (Å²) in [5.41, 5.74) is 1.29. The molecule has 1 aliphatic heterocycles. The molecule has 1 saturated carbocycles. The van der Waals surface area contributed by atoms with Gasteiger partial charge in [0, 0.05) is 17.0 Å². The Bertz CT molecular complexity index is 446. The second kappa shape index (κ2) is 6.72. The van der Waals surface area contributed by atoms with E-state index in [0.29, 0.717) is 19.3 Å². The predicted octanol–water partition coefficient (Wildman–Crippen LogP) is 3.39. The van der Waals surface area contributed by atoms with Gasteiger partial charge in [0.15, 0.2) is 11.5 Å².